The minimum atomic E-state index is -0.210. The van der Waals surface area contributed by atoms with Crippen LogP contribution in [0.15, 0.2) is 162 Å². The average molecular weight is 924 g/mol. The number of fused-ring (bicyclic) bond motifs is 12. The molecule has 0 saturated carbocycles. The molecule has 10 aromatic rings. The summed E-state index contributed by atoms with van der Waals surface area (Å²) in [5.41, 5.74) is 25.5. The van der Waals surface area contributed by atoms with Crippen molar-refractivity contribution in [3.63, 3.8) is 0 Å². The quantitative estimate of drug-likeness (QED) is 0.164. The Bertz CT molecular complexity index is 3810. The zero-order chi connectivity index (χ0) is 49.3. The summed E-state index contributed by atoms with van der Waals surface area (Å²) < 4.78 is 9.85. The molecule has 0 amide bonds. The van der Waals surface area contributed by atoms with Crippen LogP contribution in [0.2, 0.25) is 0 Å². The Morgan fingerprint density at radius 2 is 1.11 bits per heavy atom. The smallest absolute Gasteiger partial charge is 0.252 e. The van der Waals surface area contributed by atoms with E-state index in [1.54, 1.807) is 0 Å². The summed E-state index contributed by atoms with van der Waals surface area (Å²) >= 11 is 0. The van der Waals surface area contributed by atoms with Crippen LogP contribution in [0, 0.1) is 6.92 Å². The number of aryl methyl sites for hydroxylation is 1. The molecule has 5 heteroatoms. The number of rotatable bonds is 4. The van der Waals surface area contributed by atoms with Gasteiger partial charge in [-0.05, 0) is 134 Å². The number of anilines is 6. The maximum atomic E-state index is 7.18. The van der Waals surface area contributed by atoms with Crippen LogP contribution in [0.4, 0.5) is 34.1 Å². The fraction of sp³-hybridized carbons (Fsp3) is 0.242. The SMILES string of the molecule is Cc1cc2c3c(c1)-n1c4c(c5cccc(c51)B3c1ccc(N(c3ccc(C(C)(C)C)cc3)c3ccc(C(C)(C)C)cc3)cc1N2c1cccc2c1oc1cc(C(C)(C)C)ccc12)-c1ccccc1C4(C)C. The predicted molar refractivity (Wildman–Crippen MR) is 303 cm³/mol. The predicted octanol–water partition coefficient (Wildman–Crippen LogP) is 16.1. The van der Waals surface area contributed by atoms with Gasteiger partial charge in [0.15, 0.2) is 5.58 Å². The molecule has 0 unspecified atom stereocenters. The van der Waals surface area contributed by atoms with Crippen molar-refractivity contribution in [3.8, 4) is 16.8 Å². The van der Waals surface area contributed by atoms with Gasteiger partial charge in [0.2, 0.25) is 0 Å². The molecule has 4 heterocycles. The number of para-hydroxylation sites is 2. The molecular weight excluding hydrogens is 862 g/mol. The maximum Gasteiger partial charge on any atom is 0.252 e. The Hall–Kier alpha value is -7.24. The molecule has 71 heavy (non-hydrogen) atoms. The topological polar surface area (TPSA) is 24.6 Å². The van der Waals surface area contributed by atoms with E-state index in [2.05, 4.69) is 255 Å². The zero-order valence-electron chi connectivity index (χ0n) is 43.3. The summed E-state index contributed by atoms with van der Waals surface area (Å²) in [6.45, 7) is 27.6. The van der Waals surface area contributed by atoms with Crippen molar-refractivity contribution < 1.29 is 4.42 Å². The summed E-state index contributed by atoms with van der Waals surface area (Å²) in [7, 11) is 0. The van der Waals surface area contributed by atoms with Gasteiger partial charge in [0.25, 0.3) is 6.71 Å². The van der Waals surface area contributed by atoms with Crippen LogP contribution >= 0.6 is 0 Å². The molecule has 4 nitrogen and oxygen atoms in total. The molecule has 0 atom stereocenters. The van der Waals surface area contributed by atoms with Crippen LogP contribution in [-0.2, 0) is 21.7 Å². The second-order valence-electron chi connectivity index (χ2n) is 24.3. The number of nitrogens with zero attached hydrogens (tertiary/aromatic N) is 3. The van der Waals surface area contributed by atoms with Gasteiger partial charge in [-0.2, -0.15) is 0 Å². The highest BCUT2D eigenvalue weighted by atomic mass is 16.3. The molecule has 0 N–H and O–H groups in total. The van der Waals surface area contributed by atoms with Crippen molar-refractivity contribution in [2.45, 2.75) is 105 Å². The summed E-state index contributed by atoms with van der Waals surface area (Å²) in [6.07, 6.45) is 0. The van der Waals surface area contributed by atoms with E-state index >= 15 is 0 Å². The van der Waals surface area contributed by atoms with Crippen LogP contribution in [0.25, 0.3) is 49.7 Å². The average Bonchev–Trinajstić information content (AvgIpc) is 3.97. The third-order valence-corrected chi connectivity index (χ3v) is 16.2. The normalized spacial score (nSPS) is 14.5. The summed E-state index contributed by atoms with van der Waals surface area (Å²) in [4.78, 5) is 5.00. The van der Waals surface area contributed by atoms with Crippen molar-refractivity contribution in [1.82, 2.24) is 4.57 Å². The number of benzene rings is 8. The molecular formula is C66H62BN3O. The van der Waals surface area contributed by atoms with Gasteiger partial charge in [-0.25, -0.2) is 0 Å². The van der Waals surface area contributed by atoms with Crippen LogP contribution in [-0.4, -0.2) is 11.3 Å². The lowest BCUT2D eigenvalue weighted by Crippen LogP contribution is -2.60. The minimum Gasteiger partial charge on any atom is -0.454 e. The fourth-order valence-corrected chi connectivity index (χ4v) is 12.6. The van der Waals surface area contributed by atoms with E-state index in [0.717, 1.165) is 50.4 Å². The molecule has 0 fully saturated rings. The molecule has 3 aliphatic rings. The van der Waals surface area contributed by atoms with Crippen molar-refractivity contribution in [3.05, 3.63) is 191 Å². The Labute approximate surface area is 419 Å². The molecule has 0 bridgehead atoms. The highest BCUT2D eigenvalue weighted by Crippen LogP contribution is 2.55. The Kier molecular flexibility index (Phi) is 9.04. The third-order valence-electron chi connectivity index (χ3n) is 16.2. The van der Waals surface area contributed by atoms with Gasteiger partial charge in [-0.1, -0.05) is 173 Å². The minimum absolute atomic E-state index is 0.0136. The fourth-order valence-electron chi connectivity index (χ4n) is 12.6. The molecule has 2 aliphatic heterocycles. The second-order valence-corrected chi connectivity index (χ2v) is 24.3. The third kappa shape index (κ3) is 6.30. The standard InChI is InChI=1S/C66H62BN3O/c1-39-35-55-59-56(36-39)70-60-49(58-48-17-13-14-20-50(48)66(11,12)62(58)70)19-15-21-52(60)67(59)51-34-32-45(68(43-28-23-40(24-29-43)63(2,3)4)44-30-25-41(26-31-44)64(5,6)7)38-54(51)69(55)53-22-16-18-47-46-33-27-42(65(8,9)10)37-57(46)71-61(47)53/h13-38H,1-12H3. The lowest BCUT2D eigenvalue weighted by molar-refractivity contribution is 0.587. The van der Waals surface area contributed by atoms with E-state index in [-0.39, 0.29) is 28.4 Å². The largest absolute Gasteiger partial charge is 0.454 e. The van der Waals surface area contributed by atoms with E-state index < -0.39 is 0 Å². The van der Waals surface area contributed by atoms with Gasteiger partial charge in [0, 0.05) is 72.5 Å². The van der Waals surface area contributed by atoms with E-state index in [9.17, 15) is 0 Å². The summed E-state index contributed by atoms with van der Waals surface area (Å²) in [5, 5.41) is 3.58. The molecule has 350 valence electrons. The van der Waals surface area contributed by atoms with E-state index in [1.165, 1.54) is 83.3 Å². The van der Waals surface area contributed by atoms with Crippen molar-refractivity contribution in [2.75, 3.05) is 9.80 Å². The van der Waals surface area contributed by atoms with Gasteiger partial charge in [0.05, 0.1) is 5.69 Å². The molecule has 13 rings (SSSR count). The Morgan fingerprint density at radius 1 is 0.507 bits per heavy atom. The van der Waals surface area contributed by atoms with Crippen molar-refractivity contribution >= 4 is 90.1 Å². The molecule has 0 radical (unpaired) electrons. The van der Waals surface area contributed by atoms with Crippen LogP contribution in [0.3, 0.4) is 0 Å². The number of aromatic nitrogens is 1. The lowest BCUT2D eigenvalue weighted by atomic mass is 9.33. The Balaban J connectivity index is 1.11. The summed E-state index contributed by atoms with van der Waals surface area (Å²) in [6, 6.07) is 60.3. The number of furan rings is 1. The maximum absolute atomic E-state index is 7.18. The first-order chi connectivity index (χ1) is 33.8. The van der Waals surface area contributed by atoms with Gasteiger partial charge >= 0.3 is 0 Å². The molecule has 0 saturated heterocycles. The molecule has 1 aliphatic carbocycles. The van der Waals surface area contributed by atoms with E-state index in [1.807, 2.05) is 0 Å². The van der Waals surface area contributed by atoms with E-state index in [4.69, 9.17) is 4.42 Å². The number of hydrogen-bond acceptors (Lipinski definition) is 3. The van der Waals surface area contributed by atoms with Crippen LogP contribution in [0.5, 0.6) is 0 Å². The molecule has 2 aromatic heterocycles. The van der Waals surface area contributed by atoms with Crippen LogP contribution in [0.1, 0.15) is 110 Å². The zero-order valence-corrected chi connectivity index (χ0v) is 43.3. The van der Waals surface area contributed by atoms with Gasteiger partial charge < -0.3 is 18.8 Å². The lowest BCUT2D eigenvalue weighted by Gasteiger charge is -2.41. The van der Waals surface area contributed by atoms with E-state index in [0.29, 0.717) is 0 Å². The van der Waals surface area contributed by atoms with Gasteiger partial charge in [-0.15, -0.1) is 0 Å². The van der Waals surface area contributed by atoms with Gasteiger partial charge in [0.1, 0.15) is 5.58 Å². The second kappa shape index (κ2) is 14.7. The first-order valence-corrected chi connectivity index (χ1v) is 25.6. The van der Waals surface area contributed by atoms with Gasteiger partial charge in [-0.3, -0.25) is 0 Å². The molecule has 0 spiro atoms. The Morgan fingerprint density at radius 3 is 1.79 bits per heavy atom. The van der Waals surface area contributed by atoms with Crippen LogP contribution < -0.4 is 26.2 Å². The number of hydrogen-bond donors (Lipinski definition) is 0. The first kappa shape index (κ1) is 43.8. The summed E-state index contributed by atoms with van der Waals surface area (Å²) in [5.74, 6) is 0. The highest BCUT2D eigenvalue weighted by Gasteiger charge is 2.47. The molecule has 8 aromatic carbocycles. The van der Waals surface area contributed by atoms with Crippen molar-refractivity contribution in [1.29, 1.82) is 0 Å². The van der Waals surface area contributed by atoms with Crippen molar-refractivity contribution in [2.24, 2.45) is 0 Å². The monoisotopic (exact) mass is 923 g/mol. The highest BCUT2D eigenvalue weighted by molar-refractivity contribution is 7.00. The first-order valence-electron chi connectivity index (χ1n) is 25.6.